The van der Waals surface area contributed by atoms with Crippen LogP contribution >= 0.6 is 11.6 Å². The van der Waals surface area contributed by atoms with Crippen molar-refractivity contribution in [3.63, 3.8) is 0 Å². The fraction of sp³-hybridized carbons (Fsp3) is 0.280. The normalized spacial score (nSPS) is 17.6. The first-order valence-electron chi connectivity index (χ1n) is 10.8. The Labute approximate surface area is 201 Å². The smallest absolute Gasteiger partial charge is 0.276 e. The van der Waals surface area contributed by atoms with Gasteiger partial charge >= 0.3 is 0 Å². The number of amides is 2. The minimum Gasteiger partial charge on any atom is -0.340 e. The highest BCUT2D eigenvalue weighted by Gasteiger charge is 2.35. The van der Waals surface area contributed by atoms with Crippen molar-refractivity contribution in [3.8, 4) is 11.8 Å². The molecule has 1 N–H and O–H groups in total. The largest absolute Gasteiger partial charge is 0.340 e. The van der Waals surface area contributed by atoms with Crippen molar-refractivity contribution in [2.45, 2.75) is 32.5 Å². The van der Waals surface area contributed by atoms with E-state index < -0.39 is 18.1 Å². The predicted octanol–water partition coefficient (Wildman–Crippen LogP) is 4.02. The highest BCUT2D eigenvalue weighted by Crippen LogP contribution is 2.29. The SMILES string of the molecule is CC(=O)N1CC[C@@H](n2ncc(Cl)c2C(=O)Nc2ncc(C#Cc3ccccc3)cc2C)[C@H](F)C1. The molecule has 1 aliphatic rings. The van der Waals surface area contributed by atoms with Crippen LogP contribution in [0.15, 0.2) is 48.8 Å². The lowest BCUT2D eigenvalue weighted by atomic mass is 10.0. The molecule has 0 aliphatic carbocycles. The van der Waals surface area contributed by atoms with Gasteiger partial charge in [-0.05, 0) is 37.1 Å². The number of nitrogens with one attached hydrogen (secondary N) is 1. The summed E-state index contributed by atoms with van der Waals surface area (Å²) >= 11 is 6.25. The van der Waals surface area contributed by atoms with Crippen molar-refractivity contribution < 1.29 is 14.0 Å². The number of alkyl halides is 1. The number of halogens is 2. The van der Waals surface area contributed by atoms with Crippen molar-refractivity contribution in [2.75, 3.05) is 18.4 Å². The minimum absolute atomic E-state index is 0.0509. The van der Waals surface area contributed by atoms with Crippen LogP contribution in [-0.2, 0) is 4.79 Å². The van der Waals surface area contributed by atoms with Gasteiger partial charge in [-0.3, -0.25) is 14.3 Å². The average molecular weight is 480 g/mol. The first-order chi connectivity index (χ1) is 16.3. The van der Waals surface area contributed by atoms with Crippen molar-refractivity contribution in [1.29, 1.82) is 0 Å². The number of nitrogens with zero attached hydrogens (tertiary/aromatic N) is 4. The zero-order valence-corrected chi connectivity index (χ0v) is 19.5. The third-order valence-corrected chi connectivity index (χ3v) is 5.94. The molecule has 0 radical (unpaired) electrons. The van der Waals surface area contributed by atoms with Gasteiger partial charge in [-0.25, -0.2) is 9.37 Å². The van der Waals surface area contributed by atoms with E-state index in [2.05, 4.69) is 27.2 Å². The van der Waals surface area contributed by atoms with Gasteiger partial charge in [0.2, 0.25) is 5.91 Å². The molecule has 9 heteroatoms. The summed E-state index contributed by atoms with van der Waals surface area (Å²) in [5.41, 5.74) is 2.37. The van der Waals surface area contributed by atoms with Gasteiger partial charge in [0.25, 0.3) is 5.91 Å². The van der Waals surface area contributed by atoms with E-state index in [-0.39, 0.29) is 23.2 Å². The van der Waals surface area contributed by atoms with Gasteiger partial charge in [-0.1, -0.05) is 41.6 Å². The van der Waals surface area contributed by atoms with Crippen LogP contribution in [0.3, 0.4) is 0 Å². The quantitative estimate of drug-likeness (QED) is 0.575. The molecule has 1 saturated heterocycles. The summed E-state index contributed by atoms with van der Waals surface area (Å²) < 4.78 is 16.2. The molecule has 0 saturated carbocycles. The number of carbonyl (C=O) groups excluding carboxylic acids is 2. The van der Waals surface area contributed by atoms with E-state index >= 15 is 0 Å². The molecule has 174 valence electrons. The molecule has 4 rings (SSSR count). The predicted molar refractivity (Wildman–Crippen MR) is 127 cm³/mol. The Morgan fingerprint density at radius 3 is 2.59 bits per heavy atom. The molecule has 2 atom stereocenters. The number of benzene rings is 1. The van der Waals surface area contributed by atoms with E-state index in [0.717, 1.165) is 5.56 Å². The number of likely N-dealkylation sites (tertiary alicyclic amines) is 1. The third-order valence-electron chi connectivity index (χ3n) is 5.67. The monoisotopic (exact) mass is 479 g/mol. The summed E-state index contributed by atoms with van der Waals surface area (Å²) in [5.74, 6) is 5.75. The number of carbonyl (C=O) groups is 2. The van der Waals surface area contributed by atoms with E-state index in [0.29, 0.717) is 29.9 Å². The summed E-state index contributed by atoms with van der Waals surface area (Å²) in [5, 5.41) is 7.01. The first-order valence-corrected chi connectivity index (χ1v) is 11.2. The maximum atomic E-state index is 14.9. The van der Waals surface area contributed by atoms with E-state index in [1.807, 2.05) is 43.3 Å². The van der Waals surface area contributed by atoms with Crippen LogP contribution in [0.2, 0.25) is 5.02 Å². The lowest BCUT2D eigenvalue weighted by Crippen LogP contribution is -2.45. The second-order valence-corrected chi connectivity index (χ2v) is 8.49. The van der Waals surface area contributed by atoms with Crippen molar-refractivity contribution in [3.05, 3.63) is 76.2 Å². The first kappa shape index (κ1) is 23.5. The number of hydrogen-bond donors (Lipinski definition) is 1. The standard InChI is InChI=1S/C25H23ClFN5O2/c1-16-12-19(9-8-18-6-4-3-5-7-18)13-28-24(16)30-25(34)23-20(26)14-29-32(23)22-10-11-31(17(2)33)15-21(22)27/h3-7,12-14,21-22H,10-11,15H2,1-2H3,(H,28,30,34)/t21-,22-/m1/s1. The van der Waals surface area contributed by atoms with Gasteiger partial charge in [0.15, 0.2) is 0 Å². The van der Waals surface area contributed by atoms with Crippen LogP contribution in [0.1, 0.15) is 46.6 Å². The lowest BCUT2D eigenvalue weighted by Gasteiger charge is -2.34. The van der Waals surface area contributed by atoms with Gasteiger partial charge in [-0.2, -0.15) is 5.10 Å². The fourth-order valence-electron chi connectivity index (χ4n) is 3.87. The Kier molecular flexibility index (Phi) is 6.94. The zero-order chi connectivity index (χ0) is 24.2. The maximum absolute atomic E-state index is 14.9. The summed E-state index contributed by atoms with van der Waals surface area (Å²) in [4.78, 5) is 30.4. The summed E-state index contributed by atoms with van der Waals surface area (Å²) in [6, 6.07) is 10.7. The molecular formula is C25H23ClFN5O2. The Morgan fingerprint density at radius 2 is 1.91 bits per heavy atom. The Bertz CT molecular complexity index is 1280. The third kappa shape index (κ3) is 5.10. The highest BCUT2D eigenvalue weighted by molar-refractivity contribution is 6.34. The van der Waals surface area contributed by atoms with Crippen LogP contribution < -0.4 is 5.32 Å². The molecular weight excluding hydrogens is 457 g/mol. The topological polar surface area (TPSA) is 80.1 Å². The average Bonchev–Trinajstić information content (AvgIpc) is 3.21. The number of pyridine rings is 1. The number of anilines is 1. The molecule has 7 nitrogen and oxygen atoms in total. The number of rotatable bonds is 3. The second-order valence-electron chi connectivity index (χ2n) is 8.08. The van der Waals surface area contributed by atoms with E-state index in [1.165, 1.54) is 22.7 Å². The number of aromatic nitrogens is 3. The van der Waals surface area contributed by atoms with Gasteiger partial charge in [-0.15, -0.1) is 0 Å². The molecule has 0 bridgehead atoms. The van der Waals surface area contributed by atoms with Gasteiger partial charge in [0, 0.05) is 30.8 Å². The molecule has 1 aromatic carbocycles. The Balaban J connectivity index is 1.51. The number of aryl methyl sites for hydroxylation is 1. The van der Waals surface area contributed by atoms with Crippen LogP contribution in [0.4, 0.5) is 10.2 Å². The molecule has 2 aromatic heterocycles. The van der Waals surface area contributed by atoms with Crippen LogP contribution in [0, 0.1) is 18.8 Å². The van der Waals surface area contributed by atoms with Crippen LogP contribution in [-0.4, -0.2) is 50.7 Å². The molecule has 3 heterocycles. The summed E-state index contributed by atoms with van der Waals surface area (Å²) in [6.07, 6.45) is 1.85. The van der Waals surface area contributed by atoms with Gasteiger partial charge in [0.05, 0.1) is 23.8 Å². The fourth-order valence-corrected chi connectivity index (χ4v) is 4.08. The Hall–Kier alpha value is -3.70. The van der Waals surface area contributed by atoms with Gasteiger partial charge < -0.3 is 10.2 Å². The summed E-state index contributed by atoms with van der Waals surface area (Å²) in [7, 11) is 0. The van der Waals surface area contributed by atoms with E-state index in [4.69, 9.17) is 11.6 Å². The lowest BCUT2D eigenvalue weighted by molar-refractivity contribution is -0.131. The summed E-state index contributed by atoms with van der Waals surface area (Å²) in [6.45, 7) is 3.55. The molecule has 2 amide bonds. The number of hydrogen-bond acceptors (Lipinski definition) is 4. The Morgan fingerprint density at radius 1 is 1.18 bits per heavy atom. The molecule has 0 unspecified atom stereocenters. The maximum Gasteiger partial charge on any atom is 0.276 e. The minimum atomic E-state index is -1.37. The van der Waals surface area contributed by atoms with Crippen molar-refractivity contribution >= 4 is 29.2 Å². The van der Waals surface area contributed by atoms with Crippen molar-refractivity contribution in [2.24, 2.45) is 0 Å². The van der Waals surface area contributed by atoms with Crippen LogP contribution in [0.5, 0.6) is 0 Å². The van der Waals surface area contributed by atoms with E-state index in [9.17, 15) is 14.0 Å². The highest BCUT2D eigenvalue weighted by atomic mass is 35.5. The molecule has 0 spiro atoms. The molecule has 1 aliphatic heterocycles. The molecule has 1 fully saturated rings. The van der Waals surface area contributed by atoms with E-state index in [1.54, 1.807) is 6.20 Å². The van der Waals surface area contributed by atoms with Crippen molar-refractivity contribution in [1.82, 2.24) is 19.7 Å². The molecule has 3 aromatic rings. The number of piperidine rings is 1. The second kappa shape index (κ2) is 10.1. The molecule has 34 heavy (non-hydrogen) atoms. The zero-order valence-electron chi connectivity index (χ0n) is 18.8. The van der Waals surface area contributed by atoms with Crippen LogP contribution in [0.25, 0.3) is 0 Å². The van der Waals surface area contributed by atoms with Gasteiger partial charge in [0.1, 0.15) is 17.7 Å².